The van der Waals surface area contributed by atoms with E-state index >= 15 is 0 Å². The molecule has 2 N–H and O–H groups in total. The number of hydrogen-bond donors (Lipinski definition) is 1. The summed E-state index contributed by atoms with van der Waals surface area (Å²) in [6.45, 7) is 18.2. The molecule has 0 radical (unpaired) electrons. The quantitative estimate of drug-likeness (QED) is 0.654. The van der Waals surface area contributed by atoms with Crippen LogP contribution >= 0.6 is 0 Å². The maximum absolute atomic E-state index is 5.77. The highest BCUT2D eigenvalue weighted by molar-refractivity contribution is 5.48. The van der Waals surface area contributed by atoms with Gasteiger partial charge < -0.3 is 14.5 Å². The molecule has 0 saturated carbocycles. The van der Waals surface area contributed by atoms with E-state index in [4.69, 9.17) is 10.6 Å². The number of ether oxygens (including phenoxy) is 1. The molecule has 0 atom stereocenters. The summed E-state index contributed by atoms with van der Waals surface area (Å²) in [6.07, 6.45) is 2.70. The second-order valence-electron chi connectivity index (χ2n) is 9.01. The van der Waals surface area contributed by atoms with Crippen molar-refractivity contribution in [2.45, 2.75) is 40.2 Å². The predicted octanol–water partition coefficient (Wildman–Crippen LogP) is 2.89. The van der Waals surface area contributed by atoms with Crippen molar-refractivity contribution in [2.75, 3.05) is 77.5 Å². The maximum Gasteiger partial charge on any atom is 0.0594 e. The zero-order valence-electron chi connectivity index (χ0n) is 19.9. The molecule has 6 nitrogen and oxygen atoms in total. The molecule has 30 heavy (non-hydrogen) atoms. The summed E-state index contributed by atoms with van der Waals surface area (Å²) in [5.74, 6) is 6.62. The third-order valence-corrected chi connectivity index (χ3v) is 5.97. The third kappa shape index (κ3) is 9.75. The van der Waals surface area contributed by atoms with Crippen LogP contribution < -0.4 is 10.7 Å². The van der Waals surface area contributed by atoms with E-state index in [-0.39, 0.29) is 0 Å². The number of anilines is 1. The van der Waals surface area contributed by atoms with E-state index in [1.54, 1.807) is 0 Å². The third-order valence-electron chi connectivity index (χ3n) is 5.97. The van der Waals surface area contributed by atoms with Crippen LogP contribution in [0, 0.1) is 5.92 Å². The Balaban J connectivity index is 0.000000232. The molecule has 0 unspecified atom stereocenters. The van der Waals surface area contributed by atoms with Crippen LogP contribution in [0.1, 0.15) is 39.2 Å². The van der Waals surface area contributed by atoms with E-state index in [2.05, 4.69) is 66.8 Å². The van der Waals surface area contributed by atoms with Crippen LogP contribution in [-0.4, -0.2) is 87.4 Å². The van der Waals surface area contributed by atoms with Crippen LogP contribution in [0.4, 0.5) is 5.69 Å². The van der Waals surface area contributed by atoms with Gasteiger partial charge in [0, 0.05) is 51.5 Å². The Hall–Kier alpha value is -1.18. The van der Waals surface area contributed by atoms with Gasteiger partial charge in [0.2, 0.25) is 0 Å². The second kappa shape index (κ2) is 14.0. The molecule has 2 aliphatic heterocycles. The first-order valence-corrected chi connectivity index (χ1v) is 11.8. The smallest absolute Gasteiger partial charge is 0.0594 e. The molecule has 2 heterocycles. The van der Waals surface area contributed by atoms with Gasteiger partial charge in [0.05, 0.1) is 13.2 Å². The monoisotopic (exact) mass is 419 g/mol. The molecule has 0 aromatic heterocycles. The van der Waals surface area contributed by atoms with Gasteiger partial charge in [-0.05, 0) is 56.6 Å². The largest absolute Gasteiger partial charge is 0.379 e. The van der Waals surface area contributed by atoms with Crippen LogP contribution in [-0.2, 0) is 11.3 Å². The second-order valence-corrected chi connectivity index (χ2v) is 9.01. The fourth-order valence-corrected chi connectivity index (χ4v) is 3.76. The van der Waals surface area contributed by atoms with Crippen LogP contribution in [0.2, 0.25) is 0 Å². The lowest BCUT2D eigenvalue weighted by atomic mass is 10.1. The van der Waals surface area contributed by atoms with Gasteiger partial charge in [-0.2, -0.15) is 0 Å². The van der Waals surface area contributed by atoms with Gasteiger partial charge >= 0.3 is 0 Å². The normalized spacial score (nSPS) is 18.6. The molecule has 3 rings (SSSR count). The first-order valence-electron chi connectivity index (χ1n) is 11.8. The summed E-state index contributed by atoms with van der Waals surface area (Å²) in [5, 5.41) is 1.89. The van der Waals surface area contributed by atoms with Gasteiger partial charge in [0.25, 0.3) is 0 Å². The van der Waals surface area contributed by atoms with Crippen molar-refractivity contribution in [1.82, 2.24) is 14.8 Å². The van der Waals surface area contributed by atoms with Crippen molar-refractivity contribution in [2.24, 2.45) is 11.8 Å². The number of nitrogens with two attached hydrogens (primary N) is 1. The van der Waals surface area contributed by atoms with Crippen molar-refractivity contribution in [3.8, 4) is 0 Å². The topological polar surface area (TPSA) is 48.2 Å². The lowest BCUT2D eigenvalue weighted by Gasteiger charge is -2.33. The number of hydrogen-bond acceptors (Lipinski definition) is 6. The molecule has 172 valence electrons. The highest BCUT2D eigenvalue weighted by atomic mass is 16.5. The number of piperazine rings is 1. The molecule has 0 bridgehead atoms. The van der Waals surface area contributed by atoms with Gasteiger partial charge in [-0.25, -0.2) is 5.01 Å². The van der Waals surface area contributed by atoms with Crippen molar-refractivity contribution >= 4 is 5.69 Å². The summed E-state index contributed by atoms with van der Waals surface area (Å²) in [7, 11) is 2.15. The minimum Gasteiger partial charge on any atom is -0.379 e. The van der Waals surface area contributed by atoms with Gasteiger partial charge in [-0.1, -0.05) is 32.9 Å². The number of morpholine rings is 1. The van der Waals surface area contributed by atoms with Gasteiger partial charge in [-0.15, -0.1) is 0 Å². The summed E-state index contributed by atoms with van der Waals surface area (Å²) in [6, 6.07) is 8.92. The summed E-state index contributed by atoms with van der Waals surface area (Å²) in [5.41, 5.74) is 2.69. The summed E-state index contributed by atoms with van der Waals surface area (Å²) >= 11 is 0. The maximum atomic E-state index is 5.77. The van der Waals surface area contributed by atoms with E-state index in [1.807, 2.05) is 5.01 Å². The Kier molecular flexibility index (Phi) is 11.7. The molecule has 0 aliphatic carbocycles. The molecule has 2 saturated heterocycles. The number of rotatable bonds is 8. The molecule has 6 heteroatoms. The van der Waals surface area contributed by atoms with Crippen molar-refractivity contribution in [1.29, 1.82) is 0 Å². The van der Waals surface area contributed by atoms with E-state index in [0.29, 0.717) is 0 Å². The lowest BCUT2D eigenvalue weighted by Crippen LogP contribution is -2.49. The van der Waals surface area contributed by atoms with Crippen LogP contribution in [0.5, 0.6) is 0 Å². The van der Waals surface area contributed by atoms with Crippen molar-refractivity contribution < 1.29 is 4.74 Å². The van der Waals surface area contributed by atoms with E-state index in [0.717, 1.165) is 71.5 Å². The van der Waals surface area contributed by atoms with Gasteiger partial charge in [0.1, 0.15) is 0 Å². The SMILES string of the molecule is CC(C)CCCN1CCOCC1.CCN(C)Cc1ccc(N2CCN(N)CC2)cc1. The Morgan fingerprint density at radius 3 is 2.20 bits per heavy atom. The van der Waals surface area contributed by atoms with E-state index in [9.17, 15) is 0 Å². The average molecular weight is 420 g/mol. The van der Waals surface area contributed by atoms with Gasteiger partial charge in [0.15, 0.2) is 0 Å². The van der Waals surface area contributed by atoms with Crippen molar-refractivity contribution in [3.05, 3.63) is 29.8 Å². The molecule has 0 amide bonds. The highest BCUT2D eigenvalue weighted by Gasteiger charge is 2.14. The van der Waals surface area contributed by atoms with E-state index < -0.39 is 0 Å². The number of hydrazine groups is 1. The van der Waals surface area contributed by atoms with Crippen LogP contribution in [0.15, 0.2) is 24.3 Å². The summed E-state index contributed by atoms with van der Waals surface area (Å²) in [4.78, 5) is 7.21. The molecule has 1 aromatic rings. The van der Waals surface area contributed by atoms with Crippen molar-refractivity contribution in [3.63, 3.8) is 0 Å². The van der Waals surface area contributed by atoms with Crippen LogP contribution in [0.25, 0.3) is 0 Å². The number of nitrogens with zero attached hydrogens (tertiary/aromatic N) is 4. The molecular formula is C24H45N5O. The molecule has 2 aliphatic rings. The summed E-state index contributed by atoms with van der Waals surface area (Å²) < 4.78 is 5.29. The highest BCUT2D eigenvalue weighted by Crippen LogP contribution is 2.17. The lowest BCUT2D eigenvalue weighted by molar-refractivity contribution is 0.0368. The Bertz CT molecular complexity index is 551. The fraction of sp³-hybridized carbons (Fsp3) is 0.750. The first kappa shape index (κ1) is 25.1. The average Bonchev–Trinajstić information content (AvgIpc) is 2.76. The van der Waals surface area contributed by atoms with E-state index in [1.165, 1.54) is 30.6 Å². The Labute approximate surface area is 184 Å². The standard InChI is InChI=1S/C14H24N4.C10H21NO/c1-3-16(2)12-13-4-6-14(7-5-13)17-8-10-18(15)11-9-17;1-10(2)4-3-5-11-6-8-12-9-7-11/h4-7H,3,8-12,15H2,1-2H3;10H,3-9H2,1-2H3. The minimum atomic E-state index is 0.853. The zero-order chi connectivity index (χ0) is 21.8. The number of benzene rings is 1. The first-order chi connectivity index (χ1) is 14.5. The molecule has 2 fully saturated rings. The fourth-order valence-electron chi connectivity index (χ4n) is 3.76. The molecule has 0 spiro atoms. The zero-order valence-corrected chi connectivity index (χ0v) is 19.9. The molecular weight excluding hydrogens is 374 g/mol. The van der Waals surface area contributed by atoms with Gasteiger partial charge in [-0.3, -0.25) is 10.7 Å². The molecule has 1 aromatic carbocycles. The Morgan fingerprint density at radius 1 is 1.00 bits per heavy atom. The Morgan fingerprint density at radius 2 is 1.63 bits per heavy atom. The minimum absolute atomic E-state index is 0.853. The van der Waals surface area contributed by atoms with Crippen LogP contribution in [0.3, 0.4) is 0 Å². The predicted molar refractivity (Wildman–Crippen MR) is 128 cm³/mol.